The first kappa shape index (κ1) is 37.2. The third kappa shape index (κ3) is 13.5. The average Bonchev–Trinajstić information content (AvgIpc) is 2.93. The third-order valence-electron chi connectivity index (χ3n) is 6.79. The molecule has 238 valence electrons. The molecule has 0 unspecified atom stereocenters. The lowest BCUT2D eigenvalue weighted by Gasteiger charge is -2.30. The Morgan fingerprint density at radius 2 is 1.43 bits per heavy atom. The number of aliphatic hydroxyl groups excluding tert-OH is 1. The van der Waals surface area contributed by atoms with E-state index in [1.54, 1.807) is 50.1 Å². The van der Waals surface area contributed by atoms with Crippen molar-refractivity contribution in [1.29, 1.82) is 0 Å². The Morgan fingerprint density at radius 1 is 0.833 bits per heavy atom. The number of amides is 4. The van der Waals surface area contributed by atoms with Crippen LogP contribution in [-0.4, -0.2) is 78.1 Å². The second kappa shape index (κ2) is 19.4. The monoisotopic (exact) mass is 608 g/mol. The van der Waals surface area contributed by atoms with Gasteiger partial charge in [-0.25, -0.2) is 0 Å². The highest BCUT2D eigenvalue weighted by molar-refractivity contribution is 7.98. The summed E-state index contributed by atoms with van der Waals surface area (Å²) in [5.41, 5.74) is 0.403. The third-order valence-corrected chi connectivity index (χ3v) is 7.43. The van der Waals surface area contributed by atoms with Crippen LogP contribution in [-0.2, 0) is 14.4 Å². The van der Waals surface area contributed by atoms with Gasteiger partial charge in [0.15, 0.2) is 0 Å². The summed E-state index contributed by atoms with van der Waals surface area (Å²) >= 11 is 1.57. The summed E-state index contributed by atoms with van der Waals surface area (Å²) in [7, 11) is 1.54. The van der Waals surface area contributed by atoms with Crippen LogP contribution in [0.25, 0.3) is 0 Å². The molecular weight excluding hydrogens is 556 g/mol. The Hall–Kier alpha value is -2.79. The van der Waals surface area contributed by atoms with Gasteiger partial charge in [-0.1, -0.05) is 34.1 Å². The van der Waals surface area contributed by atoms with Crippen molar-refractivity contribution in [2.45, 2.75) is 104 Å². The van der Waals surface area contributed by atoms with Crippen LogP contribution in [0.1, 0.15) is 84.0 Å². The lowest BCUT2D eigenvalue weighted by atomic mass is 9.92. The molecule has 5 atom stereocenters. The van der Waals surface area contributed by atoms with E-state index in [0.717, 1.165) is 6.42 Å². The van der Waals surface area contributed by atoms with Crippen LogP contribution < -0.4 is 26.0 Å². The Labute approximate surface area is 255 Å². The first-order chi connectivity index (χ1) is 19.8. The van der Waals surface area contributed by atoms with E-state index < -0.39 is 30.1 Å². The van der Waals surface area contributed by atoms with Gasteiger partial charge in [0.25, 0.3) is 5.91 Å². The molecule has 0 saturated carbocycles. The van der Waals surface area contributed by atoms with Gasteiger partial charge in [0.05, 0.1) is 19.3 Å². The molecule has 0 radical (unpaired) electrons. The molecule has 0 fully saturated rings. The van der Waals surface area contributed by atoms with Crippen molar-refractivity contribution in [3.8, 4) is 5.75 Å². The lowest BCUT2D eigenvalue weighted by molar-refractivity contribution is -0.132. The minimum absolute atomic E-state index is 0.0471. The van der Waals surface area contributed by atoms with Gasteiger partial charge >= 0.3 is 0 Å². The molecule has 1 aromatic carbocycles. The van der Waals surface area contributed by atoms with Gasteiger partial charge in [0.1, 0.15) is 17.8 Å². The van der Waals surface area contributed by atoms with Crippen molar-refractivity contribution >= 4 is 35.4 Å². The SMILES string of the molecule is CCC[C@H](NC(=O)[C@H](C)C[C@H](O)[C@H](CC(C)C)NC(=O)[C@H](CCSC)NC(=O)c1ccc(OC)cc1)C(=O)NC(C)C. The summed E-state index contributed by atoms with van der Waals surface area (Å²) in [4.78, 5) is 51.9. The number of hydrogen-bond acceptors (Lipinski definition) is 7. The predicted octanol–water partition coefficient (Wildman–Crippen LogP) is 3.27. The molecule has 5 N–H and O–H groups in total. The molecule has 0 heterocycles. The van der Waals surface area contributed by atoms with Crippen LogP contribution in [0.4, 0.5) is 0 Å². The summed E-state index contributed by atoms with van der Waals surface area (Å²) < 4.78 is 5.15. The zero-order chi connectivity index (χ0) is 31.8. The van der Waals surface area contributed by atoms with Crippen molar-refractivity contribution in [2.75, 3.05) is 19.1 Å². The quantitative estimate of drug-likeness (QED) is 0.162. The normalized spacial score (nSPS) is 14.8. The first-order valence-electron chi connectivity index (χ1n) is 14.9. The molecule has 1 aromatic rings. The highest BCUT2D eigenvalue weighted by Gasteiger charge is 2.31. The molecule has 1 rings (SSSR count). The molecule has 0 saturated heterocycles. The average molecular weight is 609 g/mol. The number of thioether (sulfide) groups is 1. The molecule has 4 amide bonds. The van der Waals surface area contributed by atoms with Crippen molar-refractivity contribution in [3.63, 3.8) is 0 Å². The number of rotatable bonds is 19. The number of carbonyl (C=O) groups is 4. The van der Waals surface area contributed by atoms with Gasteiger partial charge in [-0.3, -0.25) is 19.2 Å². The molecule has 0 aromatic heterocycles. The number of methoxy groups -OCH3 is 1. The molecular formula is C31H52N4O6S. The van der Waals surface area contributed by atoms with Crippen LogP contribution in [0, 0.1) is 11.8 Å². The molecule has 0 bridgehead atoms. The van der Waals surface area contributed by atoms with Gasteiger partial charge in [-0.05, 0) is 81.7 Å². The molecule has 42 heavy (non-hydrogen) atoms. The molecule has 10 nitrogen and oxygen atoms in total. The van der Waals surface area contributed by atoms with Gasteiger partial charge in [-0.2, -0.15) is 11.8 Å². The zero-order valence-electron chi connectivity index (χ0n) is 26.5. The maximum Gasteiger partial charge on any atom is 0.251 e. The Bertz CT molecular complexity index is 988. The van der Waals surface area contributed by atoms with Gasteiger partial charge in [0.2, 0.25) is 17.7 Å². The Kier molecular flexibility index (Phi) is 17.2. The Morgan fingerprint density at radius 3 is 1.95 bits per heavy atom. The van der Waals surface area contributed by atoms with Crippen molar-refractivity contribution in [2.24, 2.45) is 11.8 Å². The second-order valence-corrected chi connectivity index (χ2v) is 12.5. The summed E-state index contributed by atoms with van der Waals surface area (Å²) in [6.07, 6.45) is 3.14. The fourth-order valence-corrected chi connectivity index (χ4v) is 4.95. The van der Waals surface area contributed by atoms with Crippen LogP contribution in [0.3, 0.4) is 0 Å². The summed E-state index contributed by atoms with van der Waals surface area (Å²) in [6.45, 7) is 11.3. The van der Waals surface area contributed by atoms with Crippen molar-refractivity contribution in [1.82, 2.24) is 21.3 Å². The van der Waals surface area contributed by atoms with E-state index in [4.69, 9.17) is 4.74 Å². The second-order valence-electron chi connectivity index (χ2n) is 11.5. The Balaban J connectivity index is 2.96. The molecule has 0 spiro atoms. The summed E-state index contributed by atoms with van der Waals surface area (Å²) in [5, 5.41) is 22.6. The van der Waals surface area contributed by atoms with Crippen LogP contribution in [0.2, 0.25) is 0 Å². The zero-order valence-corrected chi connectivity index (χ0v) is 27.3. The number of carbonyl (C=O) groups excluding carboxylic acids is 4. The van der Waals surface area contributed by atoms with Crippen molar-refractivity contribution < 1.29 is 29.0 Å². The number of hydrogen-bond donors (Lipinski definition) is 5. The van der Waals surface area contributed by atoms with E-state index in [2.05, 4.69) is 21.3 Å². The van der Waals surface area contributed by atoms with Crippen LogP contribution in [0.15, 0.2) is 24.3 Å². The fourth-order valence-electron chi connectivity index (χ4n) is 4.48. The van der Waals surface area contributed by atoms with Crippen LogP contribution >= 0.6 is 11.8 Å². The van der Waals surface area contributed by atoms with E-state index in [-0.39, 0.29) is 42.0 Å². The minimum Gasteiger partial charge on any atom is -0.497 e. The lowest BCUT2D eigenvalue weighted by Crippen LogP contribution is -2.54. The maximum absolute atomic E-state index is 13.4. The van der Waals surface area contributed by atoms with E-state index >= 15 is 0 Å². The maximum atomic E-state index is 13.4. The van der Waals surface area contributed by atoms with Crippen molar-refractivity contribution in [3.05, 3.63) is 29.8 Å². The molecule has 0 aliphatic heterocycles. The highest BCUT2D eigenvalue weighted by Crippen LogP contribution is 2.17. The standard InChI is InChI=1S/C31H52N4O6S/c1-9-10-24(30(39)32-20(4)5)33-28(37)21(6)18-27(36)26(17-19(2)3)35-31(40)25(15-16-42-8)34-29(38)22-11-13-23(41-7)14-12-22/h11-14,19-21,24-27,36H,9-10,15-18H2,1-8H3,(H,32,39)(H,33,37)(H,34,38)(H,35,40)/t21-,24+,25+,26+,27+/m1/s1. The fraction of sp³-hybridized carbons (Fsp3) is 0.677. The number of nitrogens with one attached hydrogen (secondary N) is 4. The van der Waals surface area contributed by atoms with E-state index in [1.165, 1.54) is 0 Å². The highest BCUT2D eigenvalue weighted by atomic mass is 32.2. The molecule has 11 heteroatoms. The molecule has 0 aliphatic carbocycles. The summed E-state index contributed by atoms with van der Waals surface area (Å²) in [5.74, 6) is -0.498. The smallest absolute Gasteiger partial charge is 0.251 e. The van der Waals surface area contributed by atoms with E-state index in [9.17, 15) is 24.3 Å². The van der Waals surface area contributed by atoms with Gasteiger partial charge in [0, 0.05) is 17.5 Å². The topological polar surface area (TPSA) is 146 Å². The van der Waals surface area contributed by atoms with Gasteiger partial charge < -0.3 is 31.1 Å². The largest absolute Gasteiger partial charge is 0.497 e. The molecule has 0 aliphatic rings. The van der Waals surface area contributed by atoms with E-state index in [0.29, 0.717) is 36.3 Å². The van der Waals surface area contributed by atoms with Crippen LogP contribution in [0.5, 0.6) is 5.75 Å². The van der Waals surface area contributed by atoms with E-state index in [1.807, 2.05) is 40.9 Å². The van der Waals surface area contributed by atoms with Gasteiger partial charge in [-0.15, -0.1) is 0 Å². The number of aliphatic hydroxyl groups is 1. The first-order valence-corrected chi connectivity index (χ1v) is 16.2. The summed E-state index contributed by atoms with van der Waals surface area (Å²) in [6, 6.07) is 4.50. The number of benzene rings is 1. The minimum atomic E-state index is -1.01. The number of ether oxygens (including phenoxy) is 1. The predicted molar refractivity (Wildman–Crippen MR) is 169 cm³/mol.